The predicted octanol–water partition coefficient (Wildman–Crippen LogP) is 3.57. The smallest absolute Gasteiger partial charge is 0.0553 e. The van der Waals surface area contributed by atoms with Crippen LogP contribution in [-0.4, -0.2) is 23.4 Å². The van der Waals surface area contributed by atoms with E-state index in [9.17, 15) is 10.2 Å². The number of hydrogen-bond acceptors (Lipinski definition) is 2. The van der Waals surface area contributed by atoms with Gasteiger partial charge in [-0.25, -0.2) is 0 Å². The summed E-state index contributed by atoms with van der Waals surface area (Å²) in [5, 5.41) is 20.3. The number of rotatable bonds is 5. The van der Waals surface area contributed by atoms with Crippen molar-refractivity contribution in [1.29, 1.82) is 0 Å². The third kappa shape index (κ3) is 3.41. The van der Waals surface area contributed by atoms with Crippen LogP contribution in [0.1, 0.15) is 11.1 Å². The molecule has 106 valence electrons. The van der Waals surface area contributed by atoms with Gasteiger partial charge in [-0.1, -0.05) is 51.8 Å². The zero-order chi connectivity index (χ0) is 14.6. The Morgan fingerprint density at radius 2 is 1.70 bits per heavy atom. The normalized spacial score (nSPS) is 11.6. The molecule has 0 heterocycles. The van der Waals surface area contributed by atoms with Gasteiger partial charge in [-0.2, -0.15) is 0 Å². The summed E-state index contributed by atoms with van der Waals surface area (Å²) in [6.45, 7) is -0.285. The Morgan fingerprint density at radius 3 is 2.30 bits per heavy atom. The van der Waals surface area contributed by atoms with Crippen LogP contribution in [0.4, 0.5) is 0 Å². The molecule has 0 amide bonds. The van der Waals surface area contributed by atoms with Crippen LogP contribution in [0.3, 0.4) is 0 Å². The third-order valence-corrected chi connectivity index (χ3v) is 4.20. The Balaban J connectivity index is 2.39. The van der Waals surface area contributed by atoms with Crippen LogP contribution in [0.15, 0.2) is 53.0 Å². The summed E-state index contributed by atoms with van der Waals surface area (Å²) in [6.07, 6.45) is 0.541. The maximum absolute atomic E-state index is 9.84. The average molecular weight is 356 g/mol. The zero-order valence-electron chi connectivity index (χ0n) is 10.9. The summed E-state index contributed by atoms with van der Waals surface area (Å²) in [4.78, 5) is 0. The van der Waals surface area contributed by atoms with E-state index in [2.05, 4.69) is 15.9 Å². The van der Waals surface area contributed by atoms with Crippen molar-refractivity contribution < 1.29 is 10.2 Å². The molecule has 2 aromatic carbocycles. The second-order valence-corrected chi connectivity index (χ2v) is 6.27. The molecule has 2 rings (SSSR count). The Hall–Kier alpha value is -0.870. The second-order valence-electron chi connectivity index (χ2n) is 4.91. The molecule has 0 aliphatic rings. The number of aliphatic hydroxyl groups excluding tert-OH is 2. The van der Waals surface area contributed by atoms with Crippen molar-refractivity contribution in [2.45, 2.75) is 11.8 Å². The molecule has 0 saturated carbocycles. The molecule has 0 spiro atoms. The lowest BCUT2D eigenvalue weighted by atomic mass is 9.77. The summed E-state index contributed by atoms with van der Waals surface area (Å²) in [6, 6.07) is 15.2. The minimum Gasteiger partial charge on any atom is -0.395 e. The summed E-state index contributed by atoms with van der Waals surface area (Å²) < 4.78 is 0.978. The van der Waals surface area contributed by atoms with Crippen LogP contribution in [0.25, 0.3) is 0 Å². The molecule has 0 fully saturated rings. The first-order valence-corrected chi connectivity index (χ1v) is 7.49. The fourth-order valence-corrected chi connectivity index (χ4v) is 2.94. The van der Waals surface area contributed by atoms with E-state index in [1.165, 1.54) is 0 Å². The number of halogens is 2. The molecular formula is C16H16BrClO2. The third-order valence-electron chi connectivity index (χ3n) is 3.47. The van der Waals surface area contributed by atoms with Gasteiger partial charge in [-0.3, -0.25) is 0 Å². The Kier molecular flexibility index (Phi) is 5.22. The summed E-state index contributed by atoms with van der Waals surface area (Å²) >= 11 is 9.46. The van der Waals surface area contributed by atoms with Gasteiger partial charge in [0.15, 0.2) is 0 Å². The Labute approximate surface area is 132 Å². The second kappa shape index (κ2) is 6.72. The lowest BCUT2D eigenvalue weighted by molar-refractivity contribution is 0.116. The fourth-order valence-electron chi connectivity index (χ4n) is 2.30. The molecule has 20 heavy (non-hydrogen) atoms. The highest BCUT2D eigenvalue weighted by atomic mass is 79.9. The number of benzene rings is 2. The van der Waals surface area contributed by atoms with E-state index in [4.69, 9.17) is 11.6 Å². The Bertz CT molecular complexity index is 582. The maximum Gasteiger partial charge on any atom is 0.0553 e. The fraction of sp³-hybridized carbons (Fsp3) is 0.250. The van der Waals surface area contributed by atoms with E-state index in [1.807, 2.05) is 36.4 Å². The van der Waals surface area contributed by atoms with E-state index in [0.29, 0.717) is 11.4 Å². The lowest BCUT2D eigenvalue weighted by Gasteiger charge is -2.31. The van der Waals surface area contributed by atoms with Crippen molar-refractivity contribution in [3.8, 4) is 0 Å². The number of aliphatic hydroxyl groups is 2. The molecule has 0 unspecified atom stereocenters. The van der Waals surface area contributed by atoms with Crippen molar-refractivity contribution >= 4 is 27.5 Å². The van der Waals surface area contributed by atoms with Gasteiger partial charge in [0.05, 0.1) is 13.2 Å². The van der Waals surface area contributed by atoms with Crippen molar-refractivity contribution in [2.24, 2.45) is 0 Å². The van der Waals surface area contributed by atoms with Gasteiger partial charge < -0.3 is 10.2 Å². The molecule has 2 aromatic rings. The van der Waals surface area contributed by atoms with Crippen molar-refractivity contribution in [1.82, 2.24) is 0 Å². The minimum absolute atomic E-state index is 0.143. The molecule has 0 radical (unpaired) electrons. The van der Waals surface area contributed by atoms with Crippen molar-refractivity contribution in [3.05, 3.63) is 69.2 Å². The molecule has 0 aromatic heterocycles. The summed E-state index contributed by atoms with van der Waals surface area (Å²) in [5.74, 6) is 0. The lowest BCUT2D eigenvalue weighted by Crippen LogP contribution is -2.37. The molecular weight excluding hydrogens is 340 g/mol. The van der Waals surface area contributed by atoms with E-state index in [1.54, 1.807) is 12.1 Å². The van der Waals surface area contributed by atoms with E-state index >= 15 is 0 Å². The molecule has 0 atom stereocenters. The van der Waals surface area contributed by atoms with Crippen LogP contribution in [0.5, 0.6) is 0 Å². The maximum atomic E-state index is 9.84. The zero-order valence-corrected chi connectivity index (χ0v) is 13.2. The first kappa shape index (κ1) is 15.5. The standard InChI is InChI=1S/C16H16BrClO2/c17-14-5-1-3-12(7-14)9-16(10-19,11-20)13-4-2-6-15(18)8-13/h1-8,19-20H,9-11H2. The van der Waals surface area contributed by atoms with Gasteiger partial charge >= 0.3 is 0 Å². The SMILES string of the molecule is OCC(CO)(Cc1cccc(Br)c1)c1cccc(Cl)c1. The first-order valence-electron chi connectivity index (χ1n) is 6.32. The van der Waals surface area contributed by atoms with Gasteiger partial charge in [0.2, 0.25) is 0 Å². The monoisotopic (exact) mass is 354 g/mol. The molecule has 2 nitrogen and oxygen atoms in total. The molecule has 4 heteroatoms. The summed E-state index contributed by atoms with van der Waals surface area (Å²) in [7, 11) is 0. The Morgan fingerprint density at radius 1 is 1.00 bits per heavy atom. The van der Waals surface area contributed by atoms with Crippen LogP contribution >= 0.6 is 27.5 Å². The van der Waals surface area contributed by atoms with Gasteiger partial charge in [0, 0.05) is 14.9 Å². The van der Waals surface area contributed by atoms with E-state index in [-0.39, 0.29) is 13.2 Å². The highest BCUT2D eigenvalue weighted by molar-refractivity contribution is 9.10. The van der Waals surface area contributed by atoms with Crippen LogP contribution in [0.2, 0.25) is 5.02 Å². The highest BCUT2D eigenvalue weighted by Gasteiger charge is 2.31. The minimum atomic E-state index is -0.730. The molecule has 0 aliphatic carbocycles. The van der Waals surface area contributed by atoms with Gasteiger partial charge in [0.25, 0.3) is 0 Å². The van der Waals surface area contributed by atoms with E-state index in [0.717, 1.165) is 15.6 Å². The topological polar surface area (TPSA) is 40.5 Å². The van der Waals surface area contributed by atoms with Crippen LogP contribution in [-0.2, 0) is 11.8 Å². The van der Waals surface area contributed by atoms with Gasteiger partial charge in [0.1, 0.15) is 0 Å². The largest absolute Gasteiger partial charge is 0.395 e. The highest BCUT2D eigenvalue weighted by Crippen LogP contribution is 2.30. The summed E-state index contributed by atoms with van der Waals surface area (Å²) in [5.41, 5.74) is 1.16. The van der Waals surface area contributed by atoms with E-state index < -0.39 is 5.41 Å². The number of hydrogen-bond donors (Lipinski definition) is 2. The average Bonchev–Trinajstić information content (AvgIpc) is 2.45. The van der Waals surface area contributed by atoms with Crippen LogP contribution < -0.4 is 0 Å². The molecule has 0 aliphatic heterocycles. The van der Waals surface area contributed by atoms with Crippen molar-refractivity contribution in [2.75, 3.05) is 13.2 Å². The van der Waals surface area contributed by atoms with Gasteiger partial charge in [-0.15, -0.1) is 0 Å². The van der Waals surface area contributed by atoms with Crippen LogP contribution in [0, 0.1) is 0 Å². The van der Waals surface area contributed by atoms with Gasteiger partial charge in [-0.05, 0) is 41.8 Å². The first-order chi connectivity index (χ1) is 9.59. The quantitative estimate of drug-likeness (QED) is 0.861. The molecule has 2 N–H and O–H groups in total. The molecule has 0 saturated heterocycles. The predicted molar refractivity (Wildman–Crippen MR) is 85.1 cm³/mol. The molecule has 0 bridgehead atoms. The van der Waals surface area contributed by atoms with Crippen molar-refractivity contribution in [3.63, 3.8) is 0 Å².